The van der Waals surface area contributed by atoms with Gasteiger partial charge < -0.3 is 4.74 Å². The minimum absolute atomic E-state index is 0.696. The predicted molar refractivity (Wildman–Crippen MR) is 82.2 cm³/mol. The highest BCUT2D eigenvalue weighted by molar-refractivity contribution is 5.32. The van der Waals surface area contributed by atoms with Crippen molar-refractivity contribution < 1.29 is 4.74 Å². The Labute approximate surface area is 123 Å². The Morgan fingerprint density at radius 2 is 2.10 bits per heavy atom. The molecule has 3 unspecified atom stereocenters. The van der Waals surface area contributed by atoms with Gasteiger partial charge in [0.05, 0.1) is 12.9 Å². The maximum atomic E-state index is 5.49. The molecule has 0 bridgehead atoms. The van der Waals surface area contributed by atoms with E-state index < -0.39 is 0 Å². The van der Waals surface area contributed by atoms with Crippen LogP contribution in [0.5, 0.6) is 0 Å². The van der Waals surface area contributed by atoms with E-state index in [1.165, 1.54) is 57.1 Å². The summed E-state index contributed by atoms with van der Waals surface area (Å²) < 4.78 is 5.49. The second kappa shape index (κ2) is 4.64. The Kier molecular flexibility index (Phi) is 3.01. The molecule has 0 aromatic heterocycles. The Morgan fingerprint density at radius 1 is 1.20 bits per heavy atom. The second-order valence-electron chi connectivity index (χ2n) is 7.88. The fourth-order valence-electron chi connectivity index (χ4n) is 6.04. The summed E-state index contributed by atoms with van der Waals surface area (Å²) in [6.45, 7) is 2.59. The summed E-state index contributed by atoms with van der Waals surface area (Å²) in [7, 11) is 1.83. The van der Waals surface area contributed by atoms with Gasteiger partial charge >= 0.3 is 0 Å². The molecule has 0 heterocycles. The Balaban J connectivity index is 1.61. The second-order valence-corrected chi connectivity index (χ2v) is 7.88. The first kappa shape index (κ1) is 13.0. The molecule has 4 atom stereocenters. The third-order valence-corrected chi connectivity index (χ3v) is 7.10. The van der Waals surface area contributed by atoms with Crippen LogP contribution in [-0.4, -0.2) is 7.11 Å². The lowest BCUT2D eigenvalue weighted by Crippen LogP contribution is -2.41. The van der Waals surface area contributed by atoms with Crippen molar-refractivity contribution in [2.75, 3.05) is 7.11 Å². The smallest absolute Gasteiger partial charge is 0.0959 e. The van der Waals surface area contributed by atoms with E-state index in [0.717, 1.165) is 24.2 Å². The van der Waals surface area contributed by atoms with Gasteiger partial charge in [0, 0.05) is 6.42 Å². The monoisotopic (exact) mass is 272 g/mol. The molecule has 110 valence electrons. The molecular formula is C19H28O. The molecule has 1 nitrogen and oxygen atoms in total. The van der Waals surface area contributed by atoms with E-state index in [1.807, 2.05) is 12.7 Å². The summed E-state index contributed by atoms with van der Waals surface area (Å²) in [5.41, 5.74) is 4.27. The van der Waals surface area contributed by atoms with E-state index in [4.69, 9.17) is 4.74 Å². The maximum absolute atomic E-state index is 5.49. The van der Waals surface area contributed by atoms with E-state index in [-0.39, 0.29) is 0 Å². The molecule has 0 amide bonds. The van der Waals surface area contributed by atoms with E-state index in [9.17, 15) is 0 Å². The summed E-state index contributed by atoms with van der Waals surface area (Å²) in [6, 6.07) is 0. The highest BCUT2D eigenvalue weighted by Crippen LogP contribution is 2.60. The number of allylic oxidation sites excluding steroid dienone is 3. The molecule has 0 radical (unpaired) electrons. The average molecular weight is 272 g/mol. The van der Waals surface area contributed by atoms with Crippen LogP contribution in [0.25, 0.3) is 0 Å². The molecule has 0 spiro atoms. The SMILES string of the molecule is COC1=CCC2=C(CCC3C2CC[C@]2(C)CCCC32)C1. The molecule has 2 saturated carbocycles. The lowest BCUT2D eigenvalue weighted by atomic mass is 9.55. The van der Waals surface area contributed by atoms with Gasteiger partial charge in [-0.3, -0.25) is 0 Å². The molecule has 0 N–H and O–H groups in total. The van der Waals surface area contributed by atoms with Crippen molar-refractivity contribution in [3.05, 3.63) is 23.0 Å². The Morgan fingerprint density at radius 3 is 2.95 bits per heavy atom. The summed E-state index contributed by atoms with van der Waals surface area (Å²) in [5.74, 6) is 4.17. The fourth-order valence-corrected chi connectivity index (χ4v) is 6.04. The Bertz CT molecular complexity index is 472. The highest BCUT2D eigenvalue weighted by atomic mass is 16.5. The van der Waals surface area contributed by atoms with Crippen LogP contribution in [0, 0.1) is 23.2 Å². The van der Waals surface area contributed by atoms with E-state index >= 15 is 0 Å². The topological polar surface area (TPSA) is 9.23 Å². The van der Waals surface area contributed by atoms with E-state index in [1.54, 1.807) is 5.57 Å². The normalized spacial score (nSPS) is 43.5. The number of hydrogen-bond donors (Lipinski definition) is 0. The first-order valence-corrected chi connectivity index (χ1v) is 8.65. The third-order valence-electron chi connectivity index (χ3n) is 7.10. The molecule has 1 heteroatoms. The van der Waals surface area contributed by atoms with Gasteiger partial charge in [-0.1, -0.05) is 24.5 Å². The van der Waals surface area contributed by atoms with Crippen LogP contribution in [0.2, 0.25) is 0 Å². The van der Waals surface area contributed by atoms with Gasteiger partial charge in [-0.05, 0) is 74.2 Å². The van der Waals surface area contributed by atoms with Gasteiger partial charge in [-0.2, -0.15) is 0 Å². The average Bonchev–Trinajstić information content (AvgIpc) is 2.88. The van der Waals surface area contributed by atoms with Crippen molar-refractivity contribution in [2.45, 2.75) is 64.7 Å². The van der Waals surface area contributed by atoms with E-state index in [2.05, 4.69) is 13.0 Å². The van der Waals surface area contributed by atoms with Gasteiger partial charge in [-0.25, -0.2) is 0 Å². The number of fused-ring (bicyclic) bond motifs is 4. The largest absolute Gasteiger partial charge is 0.501 e. The molecule has 0 aliphatic heterocycles. The van der Waals surface area contributed by atoms with Gasteiger partial charge in [0.2, 0.25) is 0 Å². The van der Waals surface area contributed by atoms with Gasteiger partial charge in [0.25, 0.3) is 0 Å². The minimum atomic E-state index is 0.696. The molecule has 4 aliphatic rings. The van der Waals surface area contributed by atoms with Gasteiger partial charge in [-0.15, -0.1) is 0 Å². The predicted octanol–water partition coefficient (Wildman–Crippen LogP) is 5.23. The first-order chi connectivity index (χ1) is 9.71. The molecule has 20 heavy (non-hydrogen) atoms. The minimum Gasteiger partial charge on any atom is -0.501 e. The molecule has 0 aromatic carbocycles. The number of hydrogen-bond acceptors (Lipinski definition) is 1. The molecule has 0 saturated heterocycles. The molecule has 2 fully saturated rings. The quantitative estimate of drug-likeness (QED) is 0.594. The zero-order chi connectivity index (χ0) is 13.7. The number of rotatable bonds is 1. The lowest BCUT2D eigenvalue weighted by Gasteiger charge is -2.50. The highest BCUT2D eigenvalue weighted by Gasteiger charge is 2.50. The molecule has 4 aliphatic carbocycles. The zero-order valence-corrected chi connectivity index (χ0v) is 13.1. The van der Waals surface area contributed by atoms with Crippen LogP contribution in [0.3, 0.4) is 0 Å². The molecular weight excluding hydrogens is 244 g/mol. The van der Waals surface area contributed by atoms with Crippen molar-refractivity contribution in [1.82, 2.24) is 0 Å². The van der Waals surface area contributed by atoms with Crippen molar-refractivity contribution in [1.29, 1.82) is 0 Å². The summed E-state index contributed by atoms with van der Waals surface area (Å²) in [6.07, 6.45) is 14.9. The van der Waals surface area contributed by atoms with Crippen LogP contribution >= 0.6 is 0 Å². The third kappa shape index (κ3) is 1.81. The van der Waals surface area contributed by atoms with Crippen molar-refractivity contribution in [3.63, 3.8) is 0 Å². The summed E-state index contributed by atoms with van der Waals surface area (Å²) >= 11 is 0. The standard InChI is InChI=1S/C19H28O/c1-19-10-3-4-18(19)17-7-5-13-12-14(20-2)6-8-15(13)16(17)9-11-19/h6,16-18H,3-5,7-12H2,1-2H3/t16?,17?,18?,19-/m0/s1. The van der Waals surface area contributed by atoms with Gasteiger partial charge in [0.15, 0.2) is 0 Å². The summed E-state index contributed by atoms with van der Waals surface area (Å²) in [4.78, 5) is 0. The van der Waals surface area contributed by atoms with Crippen LogP contribution in [0.4, 0.5) is 0 Å². The van der Waals surface area contributed by atoms with Crippen LogP contribution in [0.15, 0.2) is 23.0 Å². The van der Waals surface area contributed by atoms with Crippen LogP contribution in [-0.2, 0) is 4.74 Å². The zero-order valence-electron chi connectivity index (χ0n) is 13.1. The number of ether oxygens (including phenoxy) is 1. The first-order valence-electron chi connectivity index (χ1n) is 8.65. The van der Waals surface area contributed by atoms with Crippen LogP contribution < -0.4 is 0 Å². The van der Waals surface area contributed by atoms with Crippen molar-refractivity contribution >= 4 is 0 Å². The lowest BCUT2D eigenvalue weighted by molar-refractivity contribution is 0.0422. The van der Waals surface area contributed by atoms with Gasteiger partial charge in [0.1, 0.15) is 0 Å². The number of methoxy groups -OCH3 is 1. The summed E-state index contributed by atoms with van der Waals surface area (Å²) in [5, 5.41) is 0. The van der Waals surface area contributed by atoms with Crippen molar-refractivity contribution in [3.8, 4) is 0 Å². The molecule has 0 aromatic rings. The Hall–Kier alpha value is -0.720. The molecule has 4 rings (SSSR count). The van der Waals surface area contributed by atoms with Crippen molar-refractivity contribution in [2.24, 2.45) is 23.2 Å². The van der Waals surface area contributed by atoms with E-state index in [0.29, 0.717) is 5.41 Å². The fraction of sp³-hybridized carbons (Fsp3) is 0.789. The van der Waals surface area contributed by atoms with Crippen LogP contribution in [0.1, 0.15) is 64.7 Å². The maximum Gasteiger partial charge on any atom is 0.0959 e.